The van der Waals surface area contributed by atoms with Gasteiger partial charge in [0, 0.05) is 0 Å². The summed E-state index contributed by atoms with van der Waals surface area (Å²) in [7, 11) is 0. The monoisotopic (exact) mass is 360 g/mol. The van der Waals surface area contributed by atoms with Crippen molar-refractivity contribution in [2.24, 2.45) is 0 Å². The highest BCUT2D eigenvalue weighted by atomic mass is 32.1. The lowest BCUT2D eigenvalue weighted by molar-refractivity contribution is 0.262. The number of hydrogen-bond acceptors (Lipinski definition) is 5. The molecule has 0 radical (unpaired) electrons. The van der Waals surface area contributed by atoms with Crippen molar-refractivity contribution in [2.45, 2.75) is 0 Å². The first-order chi connectivity index (χ1) is 12.8. The van der Waals surface area contributed by atoms with Gasteiger partial charge in [0.25, 0.3) is 0 Å². The van der Waals surface area contributed by atoms with Gasteiger partial charge in [0.05, 0.1) is 16.0 Å². The van der Waals surface area contributed by atoms with Crippen LogP contribution in [0, 0.1) is 0 Å². The number of urea groups is 1. The number of thiophene rings is 1. The molecule has 3 heterocycles. The lowest BCUT2D eigenvalue weighted by Crippen LogP contribution is -2.24. The van der Waals surface area contributed by atoms with E-state index in [-0.39, 0.29) is 6.03 Å². The van der Waals surface area contributed by atoms with Crippen LogP contribution in [0.15, 0.2) is 60.9 Å². The minimum absolute atomic E-state index is 0.291. The second kappa shape index (κ2) is 5.82. The molecule has 2 N–H and O–H groups in total. The van der Waals surface area contributed by atoms with Crippen LogP contribution in [-0.4, -0.2) is 16.0 Å². The van der Waals surface area contributed by atoms with E-state index in [2.05, 4.69) is 20.6 Å². The van der Waals surface area contributed by atoms with Crippen molar-refractivity contribution in [2.75, 3.05) is 10.6 Å². The number of benzene rings is 2. The number of amides is 2. The van der Waals surface area contributed by atoms with Crippen LogP contribution in [-0.2, 0) is 0 Å². The van der Waals surface area contributed by atoms with E-state index in [1.807, 2.05) is 54.6 Å². The quantitative estimate of drug-likeness (QED) is 0.532. The molecule has 26 heavy (non-hydrogen) atoms. The molecule has 0 unspecified atom stereocenters. The molecule has 0 saturated carbocycles. The number of ether oxygens (including phenoxy) is 1. The Morgan fingerprint density at radius 2 is 1.65 bits per heavy atom. The molecule has 4 aromatic rings. The first-order valence-electron chi connectivity index (χ1n) is 7.97. The Bertz CT molecular complexity index is 1120. The lowest BCUT2D eigenvalue weighted by Gasteiger charge is -2.15. The zero-order valence-electron chi connectivity index (χ0n) is 13.4. The Hall–Kier alpha value is -3.45. The number of nitrogens with one attached hydrogen (secondary N) is 2. The van der Waals surface area contributed by atoms with Crippen LogP contribution >= 0.6 is 11.3 Å². The van der Waals surface area contributed by atoms with Gasteiger partial charge in [-0.15, -0.1) is 11.3 Å². The van der Waals surface area contributed by atoms with Gasteiger partial charge in [-0.2, -0.15) is 0 Å². The van der Waals surface area contributed by atoms with E-state index in [0.717, 1.165) is 37.8 Å². The van der Waals surface area contributed by atoms with Crippen molar-refractivity contribution in [1.29, 1.82) is 0 Å². The van der Waals surface area contributed by atoms with Crippen LogP contribution in [0.2, 0.25) is 0 Å². The van der Waals surface area contributed by atoms with Crippen molar-refractivity contribution < 1.29 is 9.53 Å². The third kappa shape index (κ3) is 2.46. The van der Waals surface area contributed by atoms with Crippen LogP contribution in [0.5, 0.6) is 11.5 Å². The van der Waals surface area contributed by atoms with Gasteiger partial charge in [-0.25, -0.2) is 14.8 Å². The van der Waals surface area contributed by atoms with E-state index in [1.165, 1.54) is 17.7 Å². The highest BCUT2D eigenvalue weighted by molar-refractivity contribution is 7.22. The fourth-order valence-electron chi connectivity index (χ4n) is 2.90. The van der Waals surface area contributed by atoms with Crippen LogP contribution in [0.4, 0.5) is 16.3 Å². The molecule has 0 spiro atoms. The highest BCUT2D eigenvalue weighted by Gasteiger charge is 2.25. The number of anilines is 2. The molecule has 2 amide bonds. The third-order valence-corrected chi connectivity index (χ3v) is 5.20. The molecule has 2 aromatic carbocycles. The Labute approximate surface area is 152 Å². The molecule has 0 fully saturated rings. The summed E-state index contributed by atoms with van der Waals surface area (Å²) in [6.45, 7) is 0. The number of carbonyl (C=O) groups is 1. The van der Waals surface area contributed by atoms with Crippen LogP contribution in [0.1, 0.15) is 0 Å². The van der Waals surface area contributed by atoms with Crippen LogP contribution in [0.25, 0.3) is 20.7 Å². The van der Waals surface area contributed by atoms with Gasteiger partial charge in [-0.1, -0.05) is 18.2 Å². The van der Waals surface area contributed by atoms with Gasteiger partial charge in [0.15, 0.2) is 0 Å². The predicted octanol–water partition coefficient (Wildman–Crippen LogP) is 5.11. The van der Waals surface area contributed by atoms with Gasteiger partial charge >= 0.3 is 6.03 Å². The SMILES string of the molecule is O=C1Nc2ncnc3sc(-c4ccc(Oc5ccccc5)cc4)c(c23)N1. The zero-order chi connectivity index (χ0) is 17.5. The Morgan fingerprint density at radius 3 is 2.46 bits per heavy atom. The zero-order valence-corrected chi connectivity index (χ0v) is 14.2. The second-order valence-electron chi connectivity index (χ2n) is 5.73. The number of aromatic nitrogens is 2. The van der Waals surface area contributed by atoms with Crippen molar-refractivity contribution in [3.05, 3.63) is 60.9 Å². The molecular formula is C19H12N4O2S. The molecule has 7 heteroatoms. The van der Waals surface area contributed by atoms with Gasteiger partial charge in [0.1, 0.15) is 28.5 Å². The van der Waals surface area contributed by atoms with E-state index in [0.29, 0.717) is 5.82 Å². The van der Waals surface area contributed by atoms with E-state index >= 15 is 0 Å². The standard InChI is InChI=1S/C19H12N4O2S/c24-19-22-15-14-17(23-19)20-10-21-18(14)26-16(15)11-6-8-13(9-7-11)25-12-4-2-1-3-5-12/h1-10H,(H2,20,21,22,23,24). The first-order valence-corrected chi connectivity index (χ1v) is 8.78. The predicted molar refractivity (Wildman–Crippen MR) is 102 cm³/mol. The van der Waals surface area contributed by atoms with Gasteiger partial charge < -0.3 is 10.1 Å². The first kappa shape index (κ1) is 14.9. The Balaban J connectivity index is 1.54. The molecule has 0 saturated heterocycles. The summed E-state index contributed by atoms with van der Waals surface area (Å²) in [5.74, 6) is 2.08. The van der Waals surface area contributed by atoms with Crippen LogP contribution in [0.3, 0.4) is 0 Å². The van der Waals surface area contributed by atoms with E-state index in [1.54, 1.807) is 0 Å². The largest absolute Gasteiger partial charge is 0.457 e. The minimum atomic E-state index is -0.291. The molecule has 1 aliphatic rings. The molecule has 5 rings (SSSR count). The van der Waals surface area contributed by atoms with Gasteiger partial charge in [-0.3, -0.25) is 5.32 Å². The lowest BCUT2D eigenvalue weighted by atomic mass is 10.1. The average Bonchev–Trinajstić information content (AvgIpc) is 3.03. The van der Waals surface area contributed by atoms with E-state index in [9.17, 15) is 4.79 Å². The summed E-state index contributed by atoms with van der Waals surface area (Å²) in [5, 5.41) is 6.43. The van der Waals surface area contributed by atoms with E-state index in [4.69, 9.17) is 4.74 Å². The number of nitrogens with zero attached hydrogens (tertiary/aromatic N) is 2. The number of para-hydroxylation sites is 1. The fraction of sp³-hybridized carbons (Fsp3) is 0. The van der Waals surface area contributed by atoms with Gasteiger partial charge in [-0.05, 0) is 42.0 Å². The molecule has 0 atom stereocenters. The molecule has 2 aromatic heterocycles. The topological polar surface area (TPSA) is 76.1 Å². The molecule has 0 bridgehead atoms. The Morgan fingerprint density at radius 1 is 0.885 bits per heavy atom. The summed E-state index contributed by atoms with van der Waals surface area (Å²) < 4.78 is 5.83. The average molecular weight is 360 g/mol. The highest BCUT2D eigenvalue weighted by Crippen LogP contribution is 2.45. The number of rotatable bonds is 3. The maximum atomic E-state index is 11.9. The van der Waals surface area contributed by atoms with Crippen molar-refractivity contribution in [1.82, 2.24) is 9.97 Å². The van der Waals surface area contributed by atoms with Crippen molar-refractivity contribution >= 4 is 39.1 Å². The maximum Gasteiger partial charge on any atom is 0.324 e. The maximum absolute atomic E-state index is 11.9. The fourth-order valence-corrected chi connectivity index (χ4v) is 4.01. The summed E-state index contributed by atoms with van der Waals surface area (Å²) in [4.78, 5) is 22.2. The number of carbonyl (C=O) groups excluding carboxylic acids is 1. The van der Waals surface area contributed by atoms with Crippen LogP contribution < -0.4 is 15.4 Å². The summed E-state index contributed by atoms with van der Waals surface area (Å²) in [5.41, 5.74) is 1.73. The van der Waals surface area contributed by atoms with Gasteiger partial charge in [0.2, 0.25) is 0 Å². The summed E-state index contributed by atoms with van der Waals surface area (Å²) in [6.07, 6.45) is 1.46. The normalized spacial score (nSPS) is 12.5. The molecular weight excluding hydrogens is 348 g/mol. The number of hydrogen-bond donors (Lipinski definition) is 2. The Kier molecular flexibility index (Phi) is 3.32. The molecule has 6 nitrogen and oxygen atoms in total. The van der Waals surface area contributed by atoms with Crippen molar-refractivity contribution in [3.8, 4) is 21.9 Å². The van der Waals surface area contributed by atoms with E-state index < -0.39 is 0 Å². The third-order valence-electron chi connectivity index (χ3n) is 4.05. The molecule has 1 aliphatic heterocycles. The minimum Gasteiger partial charge on any atom is -0.457 e. The smallest absolute Gasteiger partial charge is 0.324 e. The second-order valence-corrected chi connectivity index (χ2v) is 6.73. The molecule has 126 valence electrons. The summed E-state index contributed by atoms with van der Waals surface area (Å²) >= 11 is 1.52. The van der Waals surface area contributed by atoms with Crippen molar-refractivity contribution in [3.63, 3.8) is 0 Å². The summed E-state index contributed by atoms with van der Waals surface area (Å²) in [6, 6.07) is 17.1. The molecule has 0 aliphatic carbocycles.